The molecule has 16 heteroatoms. The van der Waals surface area contributed by atoms with Gasteiger partial charge in [-0.15, -0.1) is 0 Å². The minimum Gasteiger partial charge on any atom is -0.455 e. The number of carbonyl (C=O) groups is 1. The van der Waals surface area contributed by atoms with Gasteiger partial charge in [0, 0.05) is 25.2 Å². The zero-order chi connectivity index (χ0) is 37.0. The van der Waals surface area contributed by atoms with E-state index in [2.05, 4.69) is 15.6 Å². The number of hydrogen-bond acceptors (Lipinski definition) is 9. The molecule has 2 aliphatic heterocycles. The fourth-order valence-electron chi connectivity index (χ4n) is 6.92. The number of nitrogens with one attached hydrogen (secondary N) is 2. The summed E-state index contributed by atoms with van der Waals surface area (Å²) in [5, 5.41) is 3.27. The third kappa shape index (κ3) is 7.84. The highest BCUT2D eigenvalue weighted by atomic mass is 19.4. The number of halogens is 4. The van der Waals surface area contributed by atoms with E-state index in [1.54, 1.807) is 19.1 Å². The molecule has 0 bridgehead atoms. The molecule has 1 atom stereocenters. The molecule has 1 fully saturated rings. The Bertz CT molecular complexity index is 1980. The first-order valence-electron chi connectivity index (χ1n) is 16.8. The van der Waals surface area contributed by atoms with E-state index in [0.717, 1.165) is 16.2 Å². The average molecular weight is 730 g/mol. The first-order chi connectivity index (χ1) is 24.9. The van der Waals surface area contributed by atoms with Crippen molar-refractivity contribution in [3.05, 3.63) is 127 Å². The number of amides is 1. The Kier molecular flexibility index (Phi) is 11.0. The van der Waals surface area contributed by atoms with E-state index in [1.165, 1.54) is 23.8 Å². The van der Waals surface area contributed by atoms with Crippen LogP contribution in [0.1, 0.15) is 58.4 Å². The van der Waals surface area contributed by atoms with Crippen LogP contribution in [0, 0.1) is 12.7 Å². The SMILES string of the molecule is CONC(=O)OCCN[C@@H](Cn1c(=O)c2c(n(Cc3c(C)cccc3F)c1=O)COC21CCN(Cc2ccc(C(F)(F)F)o2)CC1)c1ccccc1. The van der Waals surface area contributed by atoms with Crippen molar-refractivity contribution in [2.24, 2.45) is 0 Å². The van der Waals surface area contributed by atoms with Gasteiger partial charge in [0.2, 0.25) is 5.76 Å². The maximum atomic E-state index is 15.2. The molecule has 2 aromatic heterocycles. The van der Waals surface area contributed by atoms with E-state index in [0.29, 0.717) is 48.3 Å². The Morgan fingerprint density at radius 1 is 1.00 bits per heavy atom. The number of likely N-dealkylation sites (tertiary alicyclic amines) is 1. The molecule has 0 unspecified atom stereocenters. The molecule has 1 spiro atoms. The fourth-order valence-corrected chi connectivity index (χ4v) is 6.92. The Labute approximate surface area is 295 Å². The topological polar surface area (TPSA) is 129 Å². The van der Waals surface area contributed by atoms with E-state index in [9.17, 15) is 27.6 Å². The number of aryl methyl sites for hydroxylation is 1. The zero-order valence-corrected chi connectivity index (χ0v) is 28.6. The van der Waals surface area contributed by atoms with Crippen LogP contribution in [-0.2, 0) is 52.3 Å². The van der Waals surface area contributed by atoms with Crippen LogP contribution >= 0.6 is 0 Å². The lowest BCUT2D eigenvalue weighted by atomic mass is 9.85. The Morgan fingerprint density at radius 2 is 1.75 bits per heavy atom. The smallest absolute Gasteiger partial charge is 0.449 e. The number of hydrogen-bond donors (Lipinski definition) is 2. The Morgan fingerprint density at radius 3 is 2.42 bits per heavy atom. The van der Waals surface area contributed by atoms with Crippen LogP contribution in [0.2, 0.25) is 0 Å². The number of fused-ring (bicyclic) bond motifs is 2. The van der Waals surface area contributed by atoms with Gasteiger partial charge in [0.1, 0.15) is 23.8 Å². The Hall–Kier alpha value is -4.77. The van der Waals surface area contributed by atoms with Crippen molar-refractivity contribution < 1.29 is 41.1 Å². The van der Waals surface area contributed by atoms with Crippen LogP contribution < -0.4 is 22.0 Å². The van der Waals surface area contributed by atoms with Crippen molar-refractivity contribution in [1.29, 1.82) is 0 Å². The molecule has 0 saturated carbocycles. The number of aromatic nitrogens is 2. The van der Waals surface area contributed by atoms with Gasteiger partial charge in [-0.2, -0.15) is 18.7 Å². The van der Waals surface area contributed by atoms with Gasteiger partial charge in [-0.25, -0.2) is 14.0 Å². The fraction of sp³-hybridized carbons (Fsp3) is 0.417. The van der Waals surface area contributed by atoms with Crippen molar-refractivity contribution in [2.75, 3.05) is 33.4 Å². The van der Waals surface area contributed by atoms with Crippen LogP contribution in [0.3, 0.4) is 0 Å². The van der Waals surface area contributed by atoms with Crippen molar-refractivity contribution in [3.8, 4) is 0 Å². The molecule has 2 aliphatic rings. The number of nitrogens with zero attached hydrogens (tertiary/aromatic N) is 3. The molecule has 1 saturated heterocycles. The van der Waals surface area contributed by atoms with Crippen LogP contribution in [0.5, 0.6) is 0 Å². The lowest BCUT2D eigenvalue weighted by Crippen LogP contribution is -2.50. The summed E-state index contributed by atoms with van der Waals surface area (Å²) in [6.45, 7) is 2.44. The molecule has 4 heterocycles. The quantitative estimate of drug-likeness (QED) is 0.121. The van der Waals surface area contributed by atoms with E-state index in [-0.39, 0.29) is 45.2 Å². The van der Waals surface area contributed by atoms with Gasteiger partial charge in [0.25, 0.3) is 5.56 Å². The summed E-state index contributed by atoms with van der Waals surface area (Å²) in [4.78, 5) is 47.1. The maximum Gasteiger partial charge on any atom is 0.449 e. The molecular formula is C36H39F4N5O7. The summed E-state index contributed by atoms with van der Waals surface area (Å²) in [6.07, 6.45) is -4.74. The van der Waals surface area contributed by atoms with Gasteiger partial charge < -0.3 is 19.2 Å². The number of ether oxygens (including phenoxy) is 2. The Balaban J connectivity index is 1.34. The standard InChI is InChI=1S/C36H39F4N5O7/c1-23-7-6-10-27(37)26(23)20-44-29-22-51-35(13-16-43(17-14-35)19-25-11-12-30(52-25)36(38,39)40)31(29)32(46)45(34(44)48)21-28(24-8-4-3-5-9-24)41-15-18-50-33(47)42-49-2/h3-12,28,41H,13-22H2,1-2H3,(H,42,47)/t28-/m0/s1. The monoisotopic (exact) mass is 729 g/mol. The first-order valence-corrected chi connectivity index (χ1v) is 16.8. The van der Waals surface area contributed by atoms with Crippen molar-refractivity contribution in [2.45, 2.75) is 63.8 Å². The average Bonchev–Trinajstić information content (AvgIpc) is 3.74. The van der Waals surface area contributed by atoms with Crippen molar-refractivity contribution in [1.82, 2.24) is 24.8 Å². The predicted molar refractivity (Wildman–Crippen MR) is 179 cm³/mol. The highest BCUT2D eigenvalue weighted by Gasteiger charge is 2.47. The number of rotatable bonds is 12. The molecular weight excluding hydrogens is 690 g/mol. The highest BCUT2D eigenvalue weighted by molar-refractivity contribution is 5.65. The molecule has 12 nitrogen and oxygen atoms in total. The predicted octanol–water partition coefficient (Wildman–Crippen LogP) is 4.76. The summed E-state index contributed by atoms with van der Waals surface area (Å²) in [5.41, 5.74) is 2.18. The van der Waals surface area contributed by atoms with E-state index in [4.69, 9.17) is 13.9 Å². The van der Waals surface area contributed by atoms with Gasteiger partial charge in [-0.3, -0.25) is 23.7 Å². The molecule has 0 radical (unpaired) electrons. The minimum absolute atomic E-state index is 0.0443. The third-order valence-electron chi connectivity index (χ3n) is 9.61. The summed E-state index contributed by atoms with van der Waals surface area (Å²) < 4.78 is 73.6. The van der Waals surface area contributed by atoms with Crippen LogP contribution in [-0.4, -0.2) is 53.5 Å². The summed E-state index contributed by atoms with van der Waals surface area (Å²) in [7, 11) is 1.27. The van der Waals surface area contributed by atoms with Crippen LogP contribution in [0.25, 0.3) is 0 Å². The molecule has 4 aromatic rings. The number of furan rings is 1. The molecule has 278 valence electrons. The van der Waals surface area contributed by atoms with Gasteiger partial charge in [0.15, 0.2) is 0 Å². The summed E-state index contributed by atoms with van der Waals surface area (Å²) in [6, 6.07) is 15.4. The molecule has 2 N–H and O–H groups in total. The second kappa shape index (κ2) is 15.5. The van der Waals surface area contributed by atoms with E-state index >= 15 is 4.39 Å². The molecule has 6 rings (SSSR count). The second-order valence-electron chi connectivity index (χ2n) is 12.8. The molecule has 52 heavy (non-hydrogen) atoms. The van der Waals surface area contributed by atoms with Crippen molar-refractivity contribution >= 4 is 6.09 Å². The summed E-state index contributed by atoms with van der Waals surface area (Å²) in [5.74, 6) is -1.40. The van der Waals surface area contributed by atoms with Gasteiger partial charge in [-0.05, 0) is 49.1 Å². The zero-order valence-electron chi connectivity index (χ0n) is 28.6. The van der Waals surface area contributed by atoms with Crippen LogP contribution in [0.4, 0.5) is 22.4 Å². The maximum absolute atomic E-state index is 15.2. The normalized spacial score (nSPS) is 16.2. The molecule has 2 aromatic carbocycles. The lowest BCUT2D eigenvalue weighted by molar-refractivity contribution is -0.153. The minimum atomic E-state index is -4.59. The molecule has 1 amide bonds. The number of benzene rings is 2. The second-order valence-corrected chi connectivity index (χ2v) is 12.8. The third-order valence-corrected chi connectivity index (χ3v) is 9.61. The molecule has 0 aliphatic carbocycles. The lowest BCUT2D eigenvalue weighted by Gasteiger charge is -2.38. The highest BCUT2D eigenvalue weighted by Crippen LogP contribution is 2.43. The van der Waals surface area contributed by atoms with Crippen LogP contribution in [0.15, 0.2) is 74.7 Å². The first kappa shape index (κ1) is 37.0. The van der Waals surface area contributed by atoms with Gasteiger partial charge >= 0.3 is 18.0 Å². The van der Waals surface area contributed by atoms with Gasteiger partial charge in [-0.1, -0.05) is 42.5 Å². The van der Waals surface area contributed by atoms with E-state index < -0.39 is 46.7 Å². The van der Waals surface area contributed by atoms with E-state index in [1.807, 2.05) is 35.2 Å². The number of alkyl halides is 3. The number of piperidine rings is 1. The van der Waals surface area contributed by atoms with Crippen molar-refractivity contribution in [3.63, 3.8) is 0 Å². The number of hydroxylamine groups is 1. The van der Waals surface area contributed by atoms with Gasteiger partial charge in [0.05, 0.1) is 50.7 Å². The number of carbonyl (C=O) groups excluding carboxylic acids is 1. The summed E-state index contributed by atoms with van der Waals surface area (Å²) >= 11 is 0. The largest absolute Gasteiger partial charge is 0.455 e.